The van der Waals surface area contributed by atoms with Gasteiger partial charge in [-0.2, -0.15) is 0 Å². The number of hydrogen-bond acceptors (Lipinski definition) is 5. The first-order valence-corrected chi connectivity index (χ1v) is 8.69. The normalized spacial score (nSPS) is 18.3. The van der Waals surface area contributed by atoms with Gasteiger partial charge in [0, 0.05) is 36.2 Å². The number of hydrogen-bond donors (Lipinski definition) is 1. The lowest BCUT2D eigenvalue weighted by molar-refractivity contribution is 0.0156. The zero-order chi connectivity index (χ0) is 16.4. The van der Waals surface area contributed by atoms with Crippen LogP contribution >= 0.6 is 11.3 Å². The number of thiazole rings is 1. The summed E-state index contributed by atoms with van der Waals surface area (Å²) in [5.41, 5.74) is 0.698. The maximum atomic E-state index is 12.1. The van der Waals surface area contributed by atoms with Gasteiger partial charge in [-0.05, 0) is 47.5 Å². The molecule has 124 valence electrons. The Morgan fingerprint density at radius 2 is 2.09 bits per heavy atom. The van der Waals surface area contributed by atoms with Crippen LogP contribution in [-0.2, 0) is 11.3 Å². The van der Waals surface area contributed by atoms with Gasteiger partial charge in [-0.15, -0.1) is 11.3 Å². The lowest BCUT2D eigenvalue weighted by atomic mass is 9.90. The largest absolute Gasteiger partial charge is 0.444 e. The SMILES string of the molecule is Cc1csc(CNC2(C)CCN(C(=O)OC(C)(C)C)CC2)n1. The molecule has 1 fully saturated rings. The number of aromatic nitrogens is 1. The number of nitrogens with zero attached hydrogens (tertiary/aromatic N) is 2. The molecule has 0 unspecified atom stereocenters. The first-order chi connectivity index (χ1) is 10.2. The molecule has 1 aliphatic rings. The van der Waals surface area contributed by atoms with E-state index in [0.29, 0.717) is 0 Å². The summed E-state index contributed by atoms with van der Waals surface area (Å²) in [6, 6.07) is 0. The number of ether oxygens (including phenoxy) is 1. The number of aryl methyl sites for hydroxylation is 1. The molecule has 0 spiro atoms. The van der Waals surface area contributed by atoms with E-state index in [1.807, 2.05) is 32.6 Å². The number of nitrogens with one attached hydrogen (secondary N) is 1. The molecule has 6 heteroatoms. The molecule has 1 saturated heterocycles. The number of piperidine rings is 1. The van der Waals surface area contributed by atoms with E-state index in [1.54, 1.807) is 11.3 Å². The molecule has 1 N–H and O–H groups in total. The van der Waals surface area contributed by atoms with Crippen LogP contribution in [0.3, 0.4) is 0 Å². The number of amides is 1. The highest BCUT2D eigenvalue weighted by Gasteiger charge is 2.33. The number of rotatable bonds is 3. The maximum Gasteiger partial charge on any atom is 0.410 e. The van der Waals surface area contributed by atoms with Crippen LogP contribution in [0.15, 0.2) is 5.38 Å². The third kappa shape index (κ3) is 4.95. The van der Waals surface area contributed by atoms with Crippen LogP contribution in [0.2, 0.25) is 0 Å². The van der Waals surface area contributed by atoms with Crippen LogP contribution in [0.4, 0.5) is 4.79 Å². The van der Waals surface area contributed by atoms with Gasteiger partial charge < -0.3 is 15.0 Å². The summed E-state index contributed by atoms with van der Waals surface area (Å²) in [6.45, 7) is 12.2. The van der Waals surface area contributed by atoms with Gasteiger partial charge in [0.2, 0.25) is 0 Å². The fourth-order valence-corrected chi connectivity index (χ4v) is 3.17. The van der Waals surface area contributed by atoms with Crippen LogP contribution in [0.5, 0.6) is 0 Å². The molecule has 22 heavy (non-hydrogen) atoms. The smallest absolute Gasteiger partial charge is 0.410 e. The van der Waals surface area contributed by atoms with E-state index in [1.165, 1.54) is 0 Å². The van der Waals surface area contributed by atoms with E-state index < -0.39 is 5.60 Å². The highest BCUT2D eigenvalue weighted by atomic mass is 32.1. The molecular formula is C16H27N3O2S. The zero-order valence-electron chi connectivity index (χ0n) is 14.2. The first kappa shape index (κ1) is 17.2. The zero-order valence-corrected chi connectivity index (χ0v) is 15.0. The Kier molecular flexibility index (Phi) is 5.12. The van der Waals surface area contributed by atoms with Gasteiger partial charge in [-0.3, -0.25) is 0 Å². The lowest BCUT2D eigenvalue weighted by Gasteiger charge is -2.40. The molecule has 0 aliphatic carbocycles. The second kappa shape index (κ2) is 6.54. The summed E-state index contributed by atoms with van der Waals surface area (Å²) >= 11 is 1.69. The number of carbonyl (C=O) groups is 1. The summed E-state index contributed by atoms with van der Waals surface area (Å²) in [6.07, 6.45) is 1.65. The topological polar surface area (TPSA) is 54.5 Å². The Morgan fingerprint density at radius 1 is 1.45 bits per heavy atom. The van der Waals surface area contributed by atoms with Crippen LogP contribution in [0.25, 0.3) is 0 Å². The second-order valence-corrected chi connectivity index (χ2v) is 8.21. The Morgan fingerprint density at radius 3 is 2.59 bits per heavy atom. The molecule has 5 nitrogen and oxygen atoms in total. The summed E-state index contributed by atoms with van der Waals surface area (Å²) in [5.74, 6) is 0. The van der Waals surface area contributed by atoms with Crippen molar-refractivity contribution in [2.75, 3.05) is 13.1 Å². The predicted octanol–water partition coefficient (Wildman–Crippen LogP) is 3.33. The van der Waals surface area contributed by atoms with Crippen LogP contribution in [0.1, 0.15) is 51.2 Å². The molecule has 2 heterocycles. The predicted molar refractivity (Wildman–Crippen MR) is 89.1 cm³/mol. The fourth-order valence-electron chi connectivity index (χ4n) is 2.46. The molecule has 1 aromatic heterocycles. The highest BCUT2D eigenvalue weighted by molar-refractivity contribution is 7.09. The molecule has 1 aliphatic heterocycles. The lowest BCUT2D eigenvalue weighted by Crippen LogP contribution is -2.53. The minimum atomic E-state index is -0.432. The fraction of sp³-hybridized carbons (Fsp3) is 0.750. The Hall–Kier alpha value is -1.14. The second-order valence-electron chi connectivity index (χ2n) is 7.26. The Labute approximate surface area is 137 Å². The first-order valence-electron chi connectivity index (χ1n) is 7.81. The molecular weight excluding hydrogens is 298 g/mol. The van der Waals surface area contributed by atoms with Gasteiger partial charge in [-0.1, -0.05) is 0 Å². The van der Waals surface area contributed by atoms with E-state index >= 15 is 0 Å². The van der Waals surface area contributed by atoms with Crippen molar-refractivity contribution in [3.05, 3.63) is 16.1 Å². The molecule has 1 aromatic rings. The Balaban J connectivity index is 1.81. The van der Waals surface area contributed by atoms with E-state index in [9.17, 15) is 4.79 Å². The van der Waals surface area contributed by atoms with E-state index in [4.69, 9.17) is 4.74 Å². The minimum Gasteiger partial charge on any atom is -0.444 e. The van der Waals surface area contributed by atoms with Crippen molar-refractivity contribution in [3.63, 3.8) is 0 Å². The molecule has 0 bridgehead atoms. The van der Waals surface area contributed by atoms with Crippen molar-refractivity contribution in [2.24, 2.45) is 0 Å². The monoisotopic (exact) mass is 325 g/mol. The summed E-state index contributed by atoms with van der Waals surface area (Å²) in [4.78, 5) is 18.4. The Bertz CT molecular complexity index is 514. The molecule has 0 atom stereocenters. The van der Waals surface area contributed by atoms with Gasteiger partial charge >= 0.3 is 6.09 Å². The summed E-state index contributed by atoms with van der Waals surface area (Å²) in [7, 11) is 0. The molecule has 0 aromatic carbocycles. The van der Waals surface area contributed by atoms with E-state index in [-0.39, 0.29) is 11.6 Å². The van der Waals surface area contributed by atoms with Crippen molar-refractivity contribution < 1.29 is 9.53 Å². The maximum absolute atomic E-state index is 12.1. The van der Waals surface area contributed by atoms with Gasteiger partial charge in [-0.25, -0.2) is 9.78 Å². The number of carbonyl (C=O) groups excluding carboxylic acids is 1. The van der Waals surface area contributed by atoms with Crippen molar-refractivity contribution in [2.45, 2.75) is 65.1 Å². The third-order valence-electron chi connectivity index (χ3n) is 3.85. The average molecular weight is 325 g/mol. The van der Waals surface area contributed by atoms with E-state index in [2.05, 4.69) is 22.6 Å². The van der Waals surface area contributed by atoms with Crippen molar-refractivity contribution >= 4 is 17.4 Å². The minimum absolute atomic E-state index is 0.0537. The number of likely N-dealkylation sites (tertiary alicyclic amines) is 1. The third-order valence-corrected chi connectivity index (χ3v) is 4.82. The van der Waals surface area contributed by atoms with Gasteiger partial charge in [0.1, 0.15) is 10.6 Å². The van der Waals surface area contributed by atoms with E-state index in [0.717, 1.165) is 43.2 Å². The van der Waals surface area contributed by atoms with Crippen molar-refractivity contribution in [1.29, 1.82) is 0 Å². The summed E-state index contributed by atoms with van der Waals surface area (Å²) < 4.78 is 5.44. The summed E-state index contributed by atoms with van der Waals surface area (Å²) in [5, 5.41) is 6.80. The van der Waals surface area contributed by atoms with Gasteiger partial charge in [0.15, 0.2) is 0 Å². The molecule has 0 saturated carbocycles. The highest BCUT2D eigenvalue weighted by Crippen LogP contribution is 2.24. The quantitative estimate of drug-likeness (QED) is 0.926. The van der Waals surface area contributed by atoms with Crippen LogP contribution in [0, 0.1) is 6.92 Å². The van der Waals surface area contributed by atoms with Gasteiger partial charge in [0.05, 0.1) is 0 Å². The van der Waals surface area contributed by atoms with Crippen molar-refractivity contribution in [3.8, 4) is 0 Å². The molecule has 2 rings (SSSR count). The molecule has 1 amide bonds. The standard InChI is InChI=1S/C16H27N3O2S/c1-12-11-22-13(18-12)10-17-16(5)6-8-19(9-7-16)14(20)21-15(2,3)4/h11,17H,6-10H2,1-5H3. The molecule has 0 radical (unpaired) electrons. The van der Waals surface area contributed by atoms with Crippen LogP contribution in [-0.4, -0.2) is 40.2 Å². The van der Waals surface area contributed by atoms with Gasteiger partial charge in [0.25, 0.3) is 0 Å². The van der Waals surface area contributed by atoms with Crippen molar-refractivity contribution in [1.82, 2.24) is 15.2 Å². The average Bonchev–Trinajstić information content (AvgIpc) is 2.81. The van der Waals surface area contributed by atoms with Crippen LogP contribution < -0.4 is 5.32 Å².